The lowest BCUT2D eigenvalue weighted by Crippen LogP contribution is -2.22. The van der Waals surface area contributed by atoms with Crippen LogP contribution in [0.15, 0.2) is 36.8 Å². The van der Waals surface area contributed by atoms with E-state index in [4.69, 9.17) is 9.72 Å². The van der Waals surface area contributed by atoms with Crippen LogP contribution in [0.5, 0.6) is 0 Å². The lowest BCUT2D eigenvalue weighted by atomic mass is 10.1. The van der Waals surface area contributed by atoms with E-state index in [1.54, 1.807) is 29.9 Å². The van der Waals surface area contributed by atoms with Gasteiger partial charge in [-0.05, 0) is 37.1 Å². The van der Waals surface area contributed by atoms with Crippen molar-refractivity contribution in [2.45, 2.75) is 57.3 Å². The Morgan fingerprint density at radius 3 is 2.67 bits per heavy atom. The zero-order chi connectivity index (χ0) is 25.0. The highest BCUT2D eigenvalue weighted by atomic mass is 32.1. The standard InChI is InChI=1S/C25H32N8OSSi/c1-36(2,3)11-10-34-16-27-23-20(25-33-32-24(35-25)17-6-4-5-7-17)13-21-22(31-23)12-19(14-26-21)30-18-8-9-28-29-15-18/h8-9,12-15,17H,4-7,10-11,16H2,1-3H3,(H,27,31)(H,28,30). The second kappa shape index (κ2) is 10.9. The molecule has 0 amide bonds. The van der Waals surface area contributed by atoms with Crippen LogP contribution in [0, 0.1) is 0 Å². The molecule has 9 nitrogen and oxygen atoms in total. The zero-order valence-corrected chi connectivity index (χ0v) is 22.8. The van der Waals surface area contributed by atoms with Crippen molar-refractivity contribution in [3.8, 4) is 10.6 Å². The summed E-state index contributed by atoms with van der Waals surface area (Å²) >= 11 is 1.67. The minimum absolute atomic E-state index is 0.387. The number of hydrogen-bond acceptors (Lipinski definition) is 10. The van der Waals surface area contributed by atoms with E-state index in [0.29, 0.717) is 12.6 Å². The lowest BCUT2D eigenvalue weighted by Gasteiger charge is -2.16. The number of hydrogen-bond donors (Lipinski definition) is 2. The number of rotatable bonds is 10. The SMILES string of the molecule is C[Si](C)(C)CCOCNc1nc2cc(Nc3ccnnc3)cnc2cc1-c1nnc(C2CCCC2)s1. The van der Waals surface area contributed by atoms with E-state index in [1.807, 2.05) is 18.2 Å². The van der Waals surface area contributed by atoms with Gasteiger partial charge in [-0.2, -0.15) is 10.2 Å². The highest BCUT2D eigenvalue weighted by molar-refractivity contribution is 7.14. The molecule has 0 radical (unpaired) electrons. The van der Waals surface area contributed by atoms with E-state index < -0.39 is 8.07 Å². The summed E-state index contributed by atoms with van der Waals surface area (Å²) in [7, 11) is -1.14. The highest BCUT2D eigenvalue weighted by Gasteiger charge is 2.23. The van der Waals surface area contributed by atoms with E-state index in [1.165, 1.54) is 25.7 Å². The van der Waals surface area contributed by atoms with Crippen LogP contribution < -0.4 is 10.6 Å². The summed E-state index contributed by atoms with van der Waals surface area (Å²) in [6.45, 7) is 8.19. The summed E-state index contributed by atoms with van der Waals surface area (Å²) in [5, 5.41) is 25.5. The Labute approximate surface area is 216 Å². The minimum atomic E-state index is -1.14. The number of aromatic nitrogens is 6. The van der Waals surface area contributed by atoms with E-state index in [2.05, 4.69) is 55.7 Å². The predicted octanol–water partition coefficient (Wildman–Crippen LogP) is 6.06. The molecule has 0 saturated heterocycles. The Kier molecular flexibility index (Phi) is 7.49. The molecule has 36 heavy (non-hydrogen) atoms. The van der Waals surface area contributed by atoms with Gasteiger partial charge in [-0.3, -0.25) is 4.98 Å². The van der Waals surface area contributed by atoms with E-state index >= 15 is 0 Å². The van der Waals surface area contributed by atoms with Crippen LogP contribution in [0.2, 0.25) is 25.7 Å². The molecule has 4 heterocycles. The predicted molar refractivity (Wildman–Crippen MR) is 148 cm³/mol. The van der Waals surface area contributed by atoms with Gasteiger partial charge in [0, 0.05) is 20.6 Å². The zero-order valence-electron chi connectivity index (χ0n) is 21.0. The molecule has 5 rings (SSSR count). The molecule has 0 aliphatic heterocycles. The minimum Gasteiger partial charge on any atom is -0.362 e. The third-order valence-corrected chi connectivity index (χ3v) is 9.08. The van der Waals surface area contributed by atoms with Gasteiger partial charge in [0.25, 0.3) is 0 Å². The first-order valence-electron chi connectivity index (χ1n) is 12.4. The Balaban J connectivity index is 1.42. The molecule has 1 aliphatic carbocycles. The van der Waals surface area contributed by atoms with Crippen molar-refractivity contribution in [3.05, 3.63) is 41.8 Å². The van der Waals surface area contributed by atoms with Crippen molar-refractivity contribution in [1.29, 1.82) is 0 Å². The topological polar surface area (TPSA) is 111 Å². The molecule has 188 valence electrons. The number of pyridine rings is 2. The maximum absolute atomic E-state index is 5.92. The molecule has 11 heteroatoms. The summed E-state index contributed by atoms with van der Waals surface area (Å²) in [4.78, 5) is 9.60. The van der Waals surface area contributed by atoms with Crippen LogP contribution in [0.1, 0.15) is 36.6 Å². The molecule has 0 spiro atoms. The largest absolute Gasteiger partial charge is 0.362 e. The van der Waals surface area contributed by atoms with Crippen LogP contribution in [-0.4, -0.2) is 51.8 Å². The third-order valence-electron chi connectivity index (χ3n) is 6.25. The van der Waals surface area contributed by atoms with Gasteiger partial charge >= 0.3 is 0 Å². The normalized spacial score (nSPS) is 14.4. The first-order chi connectivity index (χ1) is 17.4. The summed E-state index contributed by atoms with van der Waals surface area (Å²) in [5.41, 5.74) is 4.14. The Morgan fingerprint density at radius 2 is 1.89 bits per heavy atom. The molecule has 0 aromatic carbocycles. The average molecular weight is 521 g/mol. The third kappa shape index (κ3) is 6.21. The molecule has 0 atom stereocenters. The van der Waals surface area contributed by atoms with Gasteiger partial charge in [0.05, 0.1) is 46.6 Å². The maximum atomic E-state index is 5.92. The number of anilines is 3. The molecular formula is C25H32N8OSSi. The molecule has 4 aromatic rings. The second-order valence-corrected chi connectivity index (χ2v) is 17.0. The molecule has 1 fully saturated rings. The summed E-state index contributed by atoms with van der Waals surface area (Å²) in [6.07, 6.45) is 10.1. The van der Waals surface area contributed by atoms with Crippen molar-refractivity contribution >= 4 is 47.6 Å². The van der Waals surface area contributed by atoms with Gasteiger partial charge < -0.3 is 15.4 Å². The lowest BCUT2D eigenvalue weighted by molar-refractivity contribution is 0.165. The first-order valence-corrected chi connectivity index (χ1v) is 17.0. The fraction of sp³-hybridized carbons (Fsp3) is 0.440. The van der Waals surface area contributed by atoms with Gasteiger partial charge in [0.15, 0.2) is 5.01 Å². The summed E-state index contributed by atoms with van der Waals surface area (Å²) in [6, 6.07) is 7.00. The molecule has 4 aromatic heterocycles. The summed E-state index contributed by atoms with van der Waals surface area (Å²) in [5.74, 6) is 1.26. The van der Waals surface area contributed by atoms with Gasteiger partial charge in [0.2, 0.25) is 0 Å². The van der Waals surface area contributed by atoms with Gasteiger partial charge in [-0.1, -0.05) is 43.8 Å². The van der Waals surface area contributed by atoms with Crippen molar-refractivity contribution in [2.75, 3.05) is 24.0 Å². The van der Waals surface area contributed by atoms with Crippen molar-refractivity contribution in [1.82, 2.24) is 30.4 Å². The highest BCUT2D eigenvalue weighted by Crippen LogP contribution is 2.39. The van der Waals surface area contributed by atoms with Crippen molar-refractivity contribution in [3.63, 3.8) is 0 Å². The van der Waals surface area contributed by atoms with Crippen LogP contribution in [0.4, 0.5) is 17.2 Å². The smallest absolute Gasteiger partial charge is 0.151 e. The van der Waals surface area contributed by atoms with Crippen molar-refractivity contribution < 1.29 is 4.74 Å². The van der Waals surface area contributed by atoms with Gasteiger partial charge in [-0.25, -0.2) is 4.98 Å². The molecule has 0 bridgehead atoms. The number of ether oxygens (including phenoxy) is 1. The fourth-order valence-electron chi connectivity index (χ4n) is 4.20. The average Bonchev–Trinajstić information content (AvgIpc) is 3.56. The molecule has 0 unspecified atom stereocenters. The Hall–Kier alpha value is -3.02. The summed E-state index contributed by atoms with van der Waals surface area (Å²) < 4.78 is 5.92. The van der Waals surface area contributed by atoms with E-state index in [9.17, 15) is 0 Å². The van der Waals surface area contributed by atoms with Crippen molar-refractivity contribution in [2.24, 2.45) is 0 Å². The van der Waals surface area contributed by atoms with E-state index in [0.717, 1.165) is 56.5 Å². The number of nitrogens with zero attached hydrogens (tertiary/aromatic N) is 6. The van der Waals surface area contributed by atoms with Gasteiger partial charge in [0.1, 0.15) is 17.6 Å². The quantitative estimate of drug-likeness (QED) is 0.146. The van der Waals surface area contributed by atoms with E-state index in [-0.39, 0.29) is 0 Å². The molecule has 2 N–H and O–H groups in total. The van der Waals surface area contributed by atoms with Crippen LogP contribution >= 0.6 is 11.3 Å². The maximum Gasteiger partial charge on any atom is 0.151 e. The Morgan fingerprint density at radius 1 is 1.03 bits per heavy atom. The molecule has 1 saturated carbocycles. The van der Waals surface area contributed by atoms with Crippen LogP contribution in [0.3, 0.4) is 0 Å². The second-order valence-electron chi connectivity index (χ2n) is 10.4. The fourth-order valence-corrected chi connectivity index (χ4v) is 5.98. The van der Waals surface area contributed by atoms with Crippen LogP contribution in [-0.2, 0) is 4.74 Å². The van der Waals surface area contributed by atoms with Gasteiger partial charge in [-0.15, -0.1) is 10.2 Å². The number of fused-ring (bicyclic) bond motifs is 1. The monoisotopic (exact) mass is 520 g/mol. The number of nitrogens with one attached hydrogen (secondary N) is 2. The molecular weight excluding hydrogens is 488 g/mol. The Bertz CT molecular complexity index is 1300. The molecule has 1 aliphatic rings. The first kappa shape index (κ1) is 24.7. The van der Waals surface area contributed by atoms with Crippen LogP contribution in [0.25, 0.3) is 21.6 Å².